The fourth-order valence-corrected chi connectivity index (χ4v) is 3.28. The molecule has 6 heteroatoms. The first kappa shape index (κ1) is 14.1. The Morgan fingerprint density at radius 1 is 1.44 bits per heavy atom. The van der Waals surface area contributed by atoms with Crippen molar-refractivity contribution in [2.24, 2.45) is 5.84 Å². The zero-order chi connectivity index (χ0) is 13.1. The monoisotopic (exact) mass is 389 g/mol. The molecule has 1 heterocycles. The van der Waals surface area contributed by atoms with E-state index in [2.05, 4.69) is 53.7 Å². The molecule has 1 unspecified atom stereocenters. The highest BCUT2D eigenvalue weighted by atomic mass is 79.9. The van der Waals surface area contributed by atoms with Crippen LogP contribution in [0.15, 0.2) is 32.5 Å². The van der Waals surface area contributed by atoms with Gasteiger partial charge >= 0.3 is 0 Å². The van der Waals surface area contributed by atoms with Crippen molar-refractivity contribution >= 4 is 43.2 Å². The largest absolute Gasteiger partial charge is 0.271 e. The minimum Gasteiger partial charge on any atom is -0.271 e. The molecule has 1 atom stereocenters. The molecule has 0 amide bonds. The molecule has 0 saturated heterocycles. The van der Waals surface area contributed by atoms with E-state index in [9.17, 15) is 0 Å². The Bertz CT molecular complexity index is 542. The molecule has 0 saturated carbocycles. The van der Waals surface area contributed by atoms with Crippen LogP contribution in [0, 0.1) is 6.92 Å². The molecule has 2 aromatic rings. The average Bonchev–Trinajstić information content (AvgIpc) is 2.75. The number of nitrogens with zero attached hydrogens (tertiary/aromatic N) is 1. The molecular formula is C12H13Br2N3S. The summed E-state index contributed by atoms with van der Waals surface area (Å²) in [5.41, 5.74) is 5.04. The number of nitrogens with two attached hydrogens (primary N) is 1. The maximum atomic E-state index is 5.67. The van der Waals surface area contributed by atoms with E-state index in [1.807, 2.05) is 19.1 Å². The van der Waals surface area contributed by atoms with Gasteiger partial charge in [0.15, 0.2) is 0 Å². The van der Waals surface area contributed by atoms with E-state index in [0.717, 1.165) is 31.6 Å². The third-order valence-corrected chi connectivity index (χ3v) is 4.65. The van der Waals surface area contributed by atoms with Crippen LogP contribution in [-0.4, -0.2) is 4.98 Å². The second-order valence-electron chi connectivity index (χ2n) is 3.95. The van der Waals surface area contributed by atoms with Gasteiger partial charge in [-0.25, -0.2) is 4.98 Å². The van der Waals surface area contributed by atoms with Crippen molar-refractivity contribution in [2.75, 3.05) is 0 Å². The van der Waals surface area contributed by atoms with Gasteiger partial charge < -0.3 is 0 Å². The normalized spacial score (nSPS) is 12.7. The maximum Gasteiger partial charge on any atom is 0.0897 e. The van der Waals surface area contributed by atoms with Crippen molar-refractivity contribution in [1.29, 1.82) is 0 Å². The number of hydrogen-bond donors (Lipinski definition) is 2. The molecule has 96 valence electrons. The lowest BCUT2D eigenvalue weighted by molar-refractivity contribution is 0.544. The Balaban J connectivity index is 2.25. The van der Waals surface area contributed by atoms with Crippen LogP contribution in [0.4, 0.5) is 0 Å². The van der Waals surface area contributed by atoms with E-state index < -0.39 is 0 Å². The molecule has 1 aromatic heterocycles. The van der Waals surface area contributed by atoms with Crippen LogP contribution in [0.25, 0.3) is 0 Å². The predicted molar refractivity (Wildman–Crippen MR) is 82.5 cm³/mol. The second-order valence-corrected chi connectivity index (χ2v) is 6.78. The summed E-state index contributed by atoms with van der Waals surface area (Å²) in [6, 6.07) is 6.11. The average molecular weight is 391 g/mol. The van der Waals surface area contributed by atoms with Crippen LogP contribution in [0.2, 0.25) is 0 Å². The molecule has 0 spiro atoms. The maximum absolute atomic E-state index is 5.67. The van der Waals surface area contributed by atoms with Crippen LogP contribution in [0.3, 0.4) is 0 Å². The van der Waals surface area contributed by atoms with Gasteiger partial charge in [0, 0.05) is 20.7 Å². The summed E-state index contributed by atoms with van der Waals surface area (Å²) in [7, 11) is 0. The lowest BCUT2D eigenvalue weighted by Crippen LogP contribution is -2.30. The summed E-state index contributed by atoms with van der Waals surface area (Å²) in [6.07, 6.45) is 0.774. The molecule has 0 fully saturated rings. The molecule has 0 aliphatic carbocycles. The third-order valence-electron chi connectivity index (χ3n) is 2.61. The van der Waals surface area contributed by atoms with Crippen LogP contribution in [-0.2, 0) is 6.42 Å². The van der Waals surface area contributed by atoms with Crippen LogP contribution in [0.5, 0.6) is 0 Å². The highest BCUT2D eigenvalue weighted by Crippen LogP contribution is 2.28. The van der Waals surface area contributed by atoms with Crippen LogP contribution >= 0.6 is 43.2 Å². The Kier molecular flexibility index (Phi) is 4.91. The molecule has 0 bridgehead atoms. The van der Waals surface area contributed by atoms with Crippen molar-refractivity contribution < 1.29 is 0 Å². The molecule has 18 heavy (non-hydrogen) atoms. The summed E-state index contributed by atoms with van der Waals surface area (Å²) in [4.78, 5) is 4.47. The van der Waals surface area contributed by atoms with Gasteiger partial charge in [-0.1, -0.05) is 31.9 Å². The Morgan fingerprint density at radius 3 is 2.83 bits per heavy atom. The highest BCUT2D eigenvalue weighted by molar-refractivity contribution is 9.11. The number of halogens is 2. The first-order valence-corrected chi connectivity index (χ1v) is 7.89. The minimum absolute atomic E-state index is 0.0402. The van der Waals surface area contributed by atoms with Crippen molar-refractivity contribution in [3.63, 3.8) is 0 Å². The van der Waals surface area contributed by atoms with E-state index in [1.54, 1.807) is 11.3 Å². The summed E-state index contributed by atoms with van der Waals surface area (Å²) in [5, 5.41) is 3.15. The SMILES string of the molecule is Cc1nc(CC(NN)c2cc(Br)ccc2Br)cs1. The van der Waals surface area contributed by atoms with Gasteiger partial charge in [0.25, 0.3) is 0 Å². The number of aryl methyl sites for hydroxylation is 1. The van der Waals surface area contributed by atoms with Gasteiger partial charge in [0.05, 0.1) is 16.7 Å². The zero-order valence-corrected chi connectivity index (χ0v) is 13.8. The number of hydrazine groups is 1. The quantitative estimate of drug-likeness (QED) is 0.617. The van der Waals surface area contributed by atoms with Gasteiger partial charge in [-0.05, 0) is 30.7 Å². The summed E-state index contributed by atoms with van der Waals surface area (Å²) in [6.45, 7) is 2.01. The van der Waals surface area contributed by atoms with E-state index in [0.29, 0.717) is 0 Å². The van der Waals surface area contributed by atoms with E-state index in [4.69, 9.17) is 5.84 Å². The molecular weight excluding hydrogens is 378 g/mol. The van der Waals surface area contributed by atoms with E-state index >= 15 is 0 Å². The Labute approximate surface area is 127 Å². The highest BCUT2D eigenvalue weighted by Gasteiger charge is 2.15. The Morgan fingerprint density at radius 2 is 2.22 bits per heavy atom. The topological polar surface area (TPSA) is 50.9 Å². The first-order chi connectivity index (χ1) is 8.60. The van der Waals surface area contributed by atoms with Crippen LogP contribution < -0.4 is 11.3 Å². The standard InChI is InChI=1S/C12H13Br2N3S/c1-7-16-9(6-18-7)5-12(17-15)10-4-8(13)2-3-11(10)14/h2-4,6,12,17H,5,15H2,1H3. The zero-order valence-electron chi connectivity index (χ0n) is 9.78. The number of rotatable bonds is 4. The molecule has 3 nitrogen and oxygen atoms in total. The van der Waals surface area contributed by atoms with Crippen molar-refractivity contribution in [1.82, 2.24) is 10.4 Å². The first-order valence-electron chi connectivity index (χ1n) is 5.42. The molecule has 0 radical (unpaired) electrons. The van der Waals surface area contributed by atoms with Crippen molar-refractivity contribution in [2.45, 2.75) is 19.4 Å². The Hall–Kier alpha value is -0.270. The number of aromatic nitrogens is 1. The minimum atomic E-state index is 0.0402. The van der Waals surface area contributed by atoms with Crippen molar-refractivity contribution in [3.8, 4) is 0 Å². The summed E-state index contributed by atoms with van der Waals surface area (Å²) in [5.74, 6) is 5.67. The van der Waals surface area contributed by atoms with Crippen molar-refractivity contribution in [3.05, 3.63) is 48.8 Å². The number of benzene rings is 1. The fraction of sp³-hybridized carbons (Fsp3) is 0.250. The predicted octanol–water partition coefficient (Wildman–Crippen LogP) is 3.72. The van der Waals surface area contributed by atoms with Gasteiger partial charge in [-0.15, -0.1) is 11.3 Å². The number of thiazole rings is 1. The molecule has 0 aliphatic rings. The lowest BCUT2D eigenvalue weighted by atomic mass is 10.0. The van der Waals surface area contributed by atoms with Gasteiger partial charge in [0.2, 0.25) is 0 Å². The van der Waals surface area contributed by atoms with Crippen LogP contribution in [0.1, 0.15) is 22.3 Å². The molecule has 3 N–H and O–H groups in total. The van der Waals surface area contributed by atoms with Gasteiger partial charge in [-0.3, -0.25) is 11.3 Å². The fourth-order valence-electron chi connectivity index (χ4n) is 1.75. The number of nitrogens with one attached hydrogen (secondary N) is 1. The second kappa shape index (κ2) is 6.25. The number of hydrogen-bond acceptors (Lipinski definition) is 4. The summed E-state index contributed by atoms with van der Waals surface area (Å²) < 4.78 is 2.08. The molecule has 1 aromatic carbocycles. The molecule has 2 rings (SSSR count). The summed E-state index contributed by atoms with van der Waals surface area (Å²) >= 11 is 8.70. The molecule has 0 aliphatic heterocycles. The smallest absolute Gasteiger partial charge is 0.0897 e. The van der Waals surface area contributed by atoms with E-state index in [1.165, 1.54) is 0 Å². The van der Waals surface area contributed by atoms with E-state index in [-0.39, 0.29) is 6.04 Å². The van der Waals surface area contributed by atoms with Gasteiger partial charge in [0.1, 0.15) is 0 Å². The lowest BCUT2D eigenvalue weighted by Gasteiger charge is -2.17. The van der Waals surface area contributed by atoms with Gasteiger partial charge in [-0.2, -0.15) is 0 Å². The third kappa shape index (κ3) is 3.39.